The number of H-pyrrole nitrogens is 1. The second-order valence-electron chi connectivity index (χ2n) is 6.72. The Morgan fingerprint density at radius 3 is 2.40 bits per heavy atom. The zero-order chi connectivity index (χ0) is 17.9. The number of aromatic amines is 1. The molecular formula is C18H28N4O2S. The van der Waals surface area contributed by atoms with Gasteiger partial charge in [0.05, 0.1) is 11.0 Å². The molecule has 7 heteroatoms. The third-order valence-corrected chi connectivity index (χ3v) is 6.88. The minimum atomic E-state index is -3.34. The van der Waals surface area contributed by atoms with Crippen LogP contribution in [0.25, 0.3) is 11.0 Å². The predicted octanol–water partition coefficient (Wildman–Crippen LogP) is 3.11. The molecule has 0 aliphatic carbocycles. The molecule has 0 radical (unpaired) electrons. The average Bonchev–Trinajstić information content (AvgIpc) is 3.06. The summed E-state index contributed by atoms with van der Waals surface area (Å²) in [6, 6.07) is 8.01. The van der Waals surface area contributed by atoms with Crippen LogP contribution in [0.1, 0.15) is 51.3 Å². The number of piperidine rings is 1. The Hall–Kier alpha value is -1.44. The van der Waals surface area contributed by atoms with Crippen LogP contribution < -0.4 is 0 Å². The number of aromatic nitrogens is 2. The van der Waals surface area contributed by atoms with Crippen LogP contribution in [0.3, 0.4) is 0 Å². The summed E-state index contributed by atoms with van der Waals surface area (Å²) < 4.78 is 29.0. The molecule has 0 saturated carbocycles. The SMILES string of the molecule is CCCN(CCC)S(=O)(=O)N1CCC(c2nc3ccccc3[nH]2)CC1. The van der Waals surface area contributed by atoms with Crippen molar-refractivity contribution in [1.29, 1.82) is 0 Å². The Balaban J connectivity index is 1.68. The van der Waals surface area contributed by atoms with E-state index in [2.05, 4.69) is 9.97 Å². The lowest BCUT2D eigenvalue weighted by molar-refractivity contribution is 0.282. The van der Waals surface area contributed by atoms with Crippen LogP contribution in [0.15, 0.2) is 24.3 Å². The Labute approximate surface area is 150 Å². The molecule has 1 aliphatic heterocycles. The number of benzene rings is 1. The van der Waals surface area contributed by atoms with Gasteiger partial charge in [-0.2, -0.15) is 17.0 Å². The normalized spacial score (nSPS) is 17.6. The van der Waals surface area contributed by atoms with Gasteiger partial charge in [0.25, 0.3) is 10.2 Å². The van der Waals surface area contributed by atoms with Crippen LogP contribution in [0.4, 0.5) is 0 Å². The summed E-state index contributed by atoms with van der Waals surface area (Å²) in [6.45, 7) is 6.36. The van der Waals surface area contributed by atoms with Gasteiger partial charge in [-0.1, -0.05) is 26.0 Å². The first-order valence-corrected chi connectivity index (χ1v) is 10.7. The van der Waals surface area contributed by atoms with Crippen molar-refractivity contribution in [2.75, 3.05) is 26.2 Å². The molecule has 0 spiro atoms. The van der Waals surface area contributed by atoms with Gasteiger partial charge in [0.2, 0.25) is 0 Å². The zero-order valence-corrected chi connectivity index (χ0v) is 15.9. The van der Waals surface area contributed by atoms with Gasteiger partial charge in [-0.05, 0) is 37.8 Å². The molecule has 0 bridgehead atoms. The fraction of sp³-hybridized carbons (Fsp3) is 0.611. The number of hydrogen-bond donors (Lipinski definition) is 1. The highest BCUT2D eigenvalue weighted by atomic mass is 32.2. The van der Waals surface area contributed by atoms with Gasteiger partial charge < -0.3 is 4.98 Å². The smallest absolute Gasteiger partial charge is 0.281 e. The van der Waals surface area contributed by atoms with E-state index in [-0.39, 0.29) is 0 Å². The first-order valence-electron chi connectivity index (χ1n) is 9.26. The van der Waals surface area contributed by atoms with E-state index in [4.69, 9.17) is 0 Å². The fourth-order valence-corrected chi connectivity index (χ4v) is 5.36. The van der Waals surface area contributed by atoms with Crippen LogP contribution in [0.2, 0.25) is 0 Å². The van der Waals surface area contributed by atoms with Crippen molar-refractivity contribution in [3.63, 3.8) is 0 Å². The number of imidazole rings is 1. The largest absolute Gasteiger partial charge is 0.342 e. The molecule has 138 valence electrons. The van der Waals surface area contributed by atoms with Crippen LogP contribution in [-0.2, 0) is 10.2 Å². The summed E-state index contributed by atoms with van der Waals surface area (Å²) in [6.07, 6.45) is 3.31. The molecule has 3 rings (SSSR count). The standard InChI is InChI=1S/C18H28N4O2S/c1-3-11-21(12-4-2)25(23,24)22-13-9-15(10-14-22)18-19-16-7-5-6-8-17(16)20-18/h5-8,15H,3-4,9-14H2,1-2H3,(H,19,20). The predicted molar refractivity (Wildman–Crippen MR) is 101 cm³/mol. The minimum absolute atomic E-state index is 0.296. The Bertz CT molecular complexity index is 755. The lowest BCUT2D eigenvalue weighted by Crippen LogP contribution is -2.47. The maximum absolute atomic E-state index is 12.9. The summed E-state index contributed by atoms with van der Waals surface area (Å²) in [5.74, 6) is 1.28. The molecule has 1 fully saturated rings. The Morgan fingerprint density at radius 2 is 1.80 bits per heavy atom. The number of nitrogens with one attached hydrogen (secondary N) is 1. The summed E-state index contributed by atoms with van der Waals surface area (Å²) >= 11 is 0. The van der Waals surface area contributed by atoms with E-state index < -0.39 is 10.2 Å². The van der Waals surface area contributed by atoms with E-state index in [1.54, 1.807) is 8.61 Å². The Kier molecular flexibility index (Phi) is 5.76. The minimum Gasteiger partial charge on any atom is -0.342 e. The van der Waals surface area contributed by atoms with Crippen molar-refractivity contribution in [3.05, 3.63) is 30.1 Å². The fourth-order valence-electron chi connectivity index (χ4n) is 3.53. The third-order valence-electron chi connectivity index (χ3n) is 4.85. The highest BCUT2D eigenvalue weighted by molar-refractivity contribution is 7.86. The number of rotatable bonds is 7. The Morgan fingerprint density at radius 1 is 1.16 bits per heavy atom. The van der Waals surface area contributed by atoms with Gasteiger partial charge >= 0.3 is 0 Å². The van der Waals surface area contributed by atoms with Gasteiger partial charge in [0.1, 0.15) is 5.82 Å². The molecule has 2 heterocycles. The molecular weight excluding hydrogens is 336 g/mol. The molecule has 1 N–H and O–H groups in total. The number of hydrogen-bond acceptors (Lipinski definition) is 3. The lowest BCUT2D eigenvalue weighted by atomic mass is 9.97. The second-order valence-corrected chi connectivity index (χ2v) is 8.65. The van der Waals surface area contributed by atoms with Crippen molar-refractivity contribution >= 4 is 21.2 Å². The van der Waals surface area contributed by atoms with E-state index >= 15 is 0 Å². The number of fused-ring (bicyclic) bond motifs is 1. The first kappa shape index (κ1) is 18.4. The van der Waals surface area contributed by atoms with E-state index in [1.165, 1.54) is 0 Å². The quantitative estimate of drug-likeness (QED) is 0.821. The van der Waals surface area contributed by atoms with Gasteiger partial charge in [-0.3, -0.25) is 0 Å². The van der Waals surface area contributed by atoms with E-state index in [1.807, 2.05) is 38.1 Å². The third kappa shape index (κ3) is 3.88. The molecule has 1 aliphatic rings. The van der Waals surface area contributed by atoms with Gasteiger partial charge in [-0.15, -0.1) is 0 Å². The molecule has 2 aromatic rings. The number of para-hydroxylation sites is 2. The van der Waals surface area contributed by atoms with E-state index in [0.717, 1.165) is 42.5 Å². The van der Waals surface area contributed by atoms with Crippen LogP contribution >= 0.6 is 0 Å². The zero-order valence-electron chi connectivity index (χ0n) is 15.1. The molecule has 1 saturated heterocycles. The molecule has 6 nitrogen and oxygen atoms in total. The first-order chi connectivity index (χ1) is 12.1. The topological polar surface area (TPSA) is 69.3 Å². The van der Waals surface area contributed by atoms with Crippen molar-refractivity contribution in [2.24, 2.45) is 0 Å². The average molecular weight is 365 g/mol. The highest BCUT2D eigenvalue weighted by Gasteiger charge is 2.33. The van der Waals surface area contributed by atoms with Crippen molar-refractivity contribution in [3.8, 4) is 0 Å². The molecule has 1 aromatic carbocycles. The van der Waals surface area contributed by atoms with Crippen LogP contribution in [0.5, 0.6) is 0 Å². The summed E-state index contributed by atoms with van der Waals surface area (Å²) in [5, 5.41) is 0. The molecule has 25 heavy (non-hydrogen) atoms. The van der Waals surface area contributed by atoms with Crippen LogP contribution in [0, 0.1) is 0 Å². The van der Waals surface area contributed by atoms with E-state index in [0.29, 0.717) is 32.1 Å². The van der Waals surface area contributed by atoms with Crippen LogP contribution in [-0.4, -0.2) is 53.2 Å². The summed E-state index contributed by atoms with van der Waals surface area (Å²) in [5.41, 5.74) is 2.02. The van der Waals surface area contributed by atoms with Crippen molar-refractivity contribution < 1.29 is 8.42 Å². The van der Waals surface area contributed by atoms with Gasteiger partial charge in [0.15, 0.2) is 0 Å². The summed E-state index contributed by atoms with van der Waals surface area (Å²) in [4.78, 5) is 8.08. The van der Waals surface area contributed by atoms with E-state index in [9.17, 15) is 8.42 Å². The molecule has 0 atom stereocenters. The van der Waals surface area contributed by atoms with Crippen molar-refractivity contribution in [1.82, 2.24) is 18.6 Å². The molecule has 0 amide bonds. The maximum Gasteiger partial charge on any atom is 0.281 e. The number of nitrogens with zero attached hydrogens (tertiary/aromatic N) is 3. The van der Waals surface area contributed by atoms with Crippen molar-refractivity contribution in [2.45, 2.75) is 45.4 Å². The second kappa shape index (κ2) is 7.85. The maximum atomic E-state index is 12.9. The monoisotopic (exact) mass is 364 g/mol. The molecule has 0 unspecified atom stereocenters. The van der Waals surface area contributed by atoms with Gasteiger partial charge in [0, 0.05) is 32.1 Å². The molecule has 1 aromatic heterocycles. The highest BCUT2D eigenvalue weighted by Crippen LogP contribution is 2.29. The summed E-state index contributed by atoms with van der Waals surface area (Å²) in [7, 11) is -3.34. The lowest BCUT2D eigenvalue weighted by Gasteiger charge is -2.34. The van der Waals surface area contributed by atoms with Gasteiger partial charge in [-0.25, -0.2) is 4.98 Å².